The molecule has 3 rings (SSSR count). The molecule has 1 N–H and O–H groups in total. The number of hydrogen-bond acceptors (Lipinski definition) is 4. The van der Waals surface area contributed by atoms with Crippen molar-refractivity contribution in [2.75, 3.05) is 27.0 Å². The van der Waals surface area contributed by atoms with E-state index in [1.807, 2.05) is 30.5 Å². The lowest BCUT2D eigenvalue weighted by molar-refractivity contribution is -0.0664. The fourth-order valence-electron chi connectivity index (χ4n) is 3.46. The predicted octanol–water partition coefficient (Wildman–Crippen LogP) is 1.86. The van der Waals surface area contributed by atoms with Gasteiger partial charge in [0.1, 0.15) is 0 Å². The quantitative estimate of drug-likeness (QED) is 0.862. The van der Waals surface area contributed by atoms with Crippen molar-refractivity contribution < 1.29 is 9.53 Å². The van der Waals surface area contributed by atoms with E-state index in [-0.39, 0.29) is 24.1 Å². The molecule has 0 aromatic heterocycles. The Morgan fingerprint density at radius 3 is 2.67 bits per heavy atom. The van der Waals surface area contributed by atoms with E-state index in [0.29, 0.717) is 5.92 Å². The third kappa shape index (κ3) is 2.70. The van der Waals surface area contributed by atoms with Crippen LogP contribution in [-0.2, 0) is 4.74 Å². The number of nitrogens with one attached hydrogen (secondary N) is 1. The molecule has 1 aliphatic carbocycles. The minimum absolute atomic E-state index is 0.0184. The van der Waals surface area contributed by atoms with Gasteiger partial charge in [-0.2, -0.15) is 0 Å². The first-order valence-corrected chi connectivity index (χ1v) is 8.57. The summed E-state index contributed by atoms with van der Waals surface area (Å²) in [6.45, 7) is 0.814. The van der Waals surface area contributed by atoms with Crippen LogP contribution in [0.5, 0.6) is 0 Å². The van der Waals surface area contributed by atoms with E-state index in [4.69, 9.17) is 4.74 Å². The number of thioether (sulfide) groups is 1. The number of nitrogens with zero attached hydrogens (tertiary/aromatic N) is 1. The Kier molecular flexibility index (Phi) is 4.24. The van der Waals surface area contributed by atoms with Crippen LogP contribution < -0.4 is 5.32 Å². The van der Waals surface area contributed by atoms with Crippen LogP contribution in [0.3, 0.4) is 0 Å². The van der Waals surface area contributed by atoms with Gasteiger partial charge in [0.25, 0.3) is 5.91 Å². The van der Waals surface area contributed by atoms with Gasteiger partial charge in [-0.1, -0.05) is 0 Å². The van der Waals surface area contributed by atoms with Gasteiger partial charge in [0, 0.05) is 23.0 Å². The molecule has 1 aliphatic heterocycles. The van der Waals surface area contributed by atoms with Gasteiger partial charge >= 0.3 is 0 Å². The molecule has 1 saturated carbocycles. The summed E-state index contributed by atoms with van der Waals surface area (Å²) in [5.41, 5.74) is 0.729. The van der Waals surface area contributed by atoms with E-state index in [0.717, 1.165) is 18.6 Å². The van der Waals surface area contributed by atoms with Crippen LogP contribution in [0.15, 0.2) is 29.2 Å². The minimum atomic E-state index is 0.0184. The molecule has 21 heavy (non-hydrogen) atoms. The number of carbonyl (C=O) groups excluding carboxylic acids is 1. The highest BCUT2D eigenvalue weighted by atomic mass is 32.2. The average molecular weight is 306 g/mol. The Hall–Kier alpha value is -1.04. The molecule has 0 bridgehead atoms. The van der Waals surface area contributed by atoms with Gasteiger partial charge in [0.05, 0.1) is 18.2 Å². The molecule has 5 heteroatoms. The number of fused-ring (bicyclic) bond motifs is 1. The molecule has 4 atom stereocenters. The molecule has 0 unspecified atom stereocenters. The molecule has 2 fully saturated rings. The van der Waals surface area contributed by atoms with Crippen molar-refractivity contribution in [2.45, 2.75) is 29.5 Å². The molecular weight excluding hydrogens is 284 g/mol. The zero-order chi connectivity index (χ0) is 15.0. The lowest BCUT2D eigenvalue weighted by atomic mass is 9.71. The highest BCUT2D eigenvalue weighted by Crippen LogP contribution is 2.41. The molecule has 114 valence electrons. The van der Waals surface area contributed by atoms with Crippen LogP contribution >= 0.6 is 11.8 Å². The second-order valence-electron chi connectivity index (χ2n) is 5.97. The van der Waals surface area contributed by atoms with Crippen LogP contribution in [0.4, 0.5) is 0 Å². The van der Waals surface area contributed by atoms with E-state index in [1.54, 1.807) is 11.8 Å². The van der Waals surface area contributed by atoms with E-state index in [2.05, 4.69) is 24.3 Å². The fraction of sp³-hybridized carbons (Fsp3) is 0.562. The van der Waals surface area contributed by atoms with Crippen molar-refractivity contribution >= 4 is 17.7 Å². The summed E-state index contributed by atoms with van der Waals surface area (Å²) in [5.74, 6) is 0.483. The largest absolute Gasteiger partial charge is 0.376 e. The molecule has 0 spiro atoms. The molecule has 1 aromatic carbocycles. The summed E-state index contributed by atoms with van der Waals surface area (Å²) in [4.78, 5) is 15.8. The van der Waals surface area contributed by atoms with Gasteiger partial charge in [-0.25, -0.2) is 0 Å². The van der Waals surface area contributed by atoms with E-state index < -0.39 is 0 Å². The number of ether oxygens (including phenoxy) is 1. The summed E-state index contributed by atoms with van der Waals surface area (Å²) < 4.78 is 5.78. The molecule has 0 radical (unpaired) electrons. The monoisotopic (exact) mass is 306 g/mol. The van der Waals surface area contributed by atoms with E-state index in [9.17, 15) is 4.79 Å². The first kappa shape index (κ1) is 14.9. The maximum absolute atomic E-state index is 12.4. The zero-order valence-corrected chi connectivity index (χ0v) is 13.5. The van der Waals surface area contributed by atoms with Gasteiger partial charge in [-0.3, -0.25) is 4.79 Å². The lowest BCUT2D eigenvalue weighted by Crippen LogP contribution is -2.69. The van der Waals surface area contributed by atoms with Crippen LogP contribution in [-0.4, -0.2) is 56.0 Å². The van der Waals surface area contributed by atoms with Crippen molar-refractivity contribution in [1.82, 2.24) is 10.2 Å². The van der Waals surface area contributed by atoms with Crippen molar-refractivity contribution in [3.8, 4) is 0 Å². The van der Waals surface area contributed by atoms with Crippen LogP contribution in [0.1, 0.15) is 16.8 Å². The molecule has 1 heterocycles. The molecule has 1 saturated heterocycles. The van der Waals surface area contributed by atoms with Crippen molar-refractivity contribution in [3.63, 3.8) is 0 Å². The third-order valence-electron chi connectivity index (χ3n) is 4.60. The van der Waals surface area contributed by atoms with Crippen molar-refractivity contribution in [3.05, 3.63) is 29.8 Å². The van der Waals surface area contributed by atoms with Crippen LogP contribution in [0, 0.1) is 5.92 Å². The summed E-state index contributed by atoms with van der Waals surface area (Å²) in [7, 11) is 4.10. The number of benzene rings is 1. The van der Waals surface area contributed by atoms with Gasteiger partial charge in [-0.15, -0.1) is 11.8 Å². The zero-order valence-electron chi connectivity index (χ0n) is 12.7. The molecular formula is C16H22N2O2S. The van der Waals surface area contributed by atoms with Crippen LogP contribution in [0.2, 0.25) is 0 Å². The summed E-state index contributed by atoms with van der Waals surface area (Å²) in [6, 6.07) is 8.25. The number of rotatable bonds is 4. The minimum Gasteiger partial charge on any atom is -0.376 e. The third-order valence-corrected chi connectivity index (χ3v) is 5.34. The summed E-state index contributed by atoms with van der Waals surface area (Å²) in [6.07, 6.45) is 3.36. The average Bonchev–Trinajstić information content (AvgIpc) is 2.87. The first-order chi connectivity index (χ1) is 10.1. The Bertz CT molecular complexity index is 518. The molecule has 2 aliphatic rings. The maximum Gasteiger partial charge on any atom is 0.251 e. The number of hydrogen-bond donors (Lipinski definition) is 1. The summed E-state index contributed by atoms with van der Waals surface area (Å²) >= 11 is 1.68. The lowest BCUT2D eigenvalue weighted by Gasteiger charge is -2.50. The Labute approximate surface area is 130 Å². The van der Waals surface area contributed by atoms with Gasteiger partial charge < -0.3 is 15.0 Å². The van der Waals surface area contributed by atoms with Crippen LogP contribution in [0.25, 0.3) is 0 Å². The Balaban J connectivity index is 1.68. The predicted molar refractivity (Wildman–Crippen MR) is 84.8 cm³/mol. The Morgan fingerprint density at radius 2 is 2.05 bits per heavy atom. The normalized spacial score (nSPS) is 30.9. The summed E-state index contributed by atoms with van der Waals surface area (Å²) in [5, 5.41) is 3.21. The smallest absolute Gasteiger partial charge is 0.251 e. The SMILES string of the molecule is CSc1ccc(C(=O)N[C@H]2[C@H]3CCO[C@H]3[C@@H]2N(C)C)cc1. The second-order valence-corrected chi connectivity index (χ2v) is 6.85. The topological polar surface area (TPSA) is 41.6 Å². The van der Waals surface area contributed by atoms with E-state index in [1.165, 1.54) is 4.90 Å². The molecule has 4 nitrogen and oxygen atoms in total. The second kappa shape index (κ2) is 5.99. The van der Waals surface area contributed by atoms with Crippen molar-refractivity contribution in [2.24, 2.45) is 5.92 Å². The number of carbonyl (C=O) groups is 1. The van der Waals surface area contributed by atoms with Gasteiger partial charge in [-0.05, 0) is 51.0 Å². The first-order valence-electron chi connectivity index (χ1n) is 7.35. The van der Waals surface area contributed by atoms with Gasteiger partial charge in [0.15, 0.2) is 0 Å². The maximum atomic E-state index is 12.4. The number of amides is 1. The highest BCUT2D eigenvalue weighted by Gasteiger charge is 2.55. The van der Waals surface area contributed by atoms with Crippen molar-refractivity contribution in [1.29, 1.82) is 0 Å². The van der Waals surface area contributed by atoms with E-state index >= 15 is 0 Å². The molecule has 1 amide bonds. The molecule has 1 aromatic rings. The Morgan fingerprint density at radius 1 is 1.33 bits per heavy atom. The number of likely N-dealkylation sites (N-methyl/N-ethyl adjacent to an activating group) is 1. The van der Waals surface area contributed by atoms with Gasteiger partial charge in [0.2, 0.25) is 0 Å². The fourth-order valence-corrected chi connectivity index (χ4v) is 3.87. The highest BCUT2D eigenvalue weighted by molar-refractivity contribution is 7.98. The standard InChI is InChI=1S/C16H22N2O2S/c1-18(2)14-13(12-8-9-20-15(12)14)17-16(19)10-4-6-11(21-3)7-5-10/h4-7,12-15H,8-9H2,1-3H3,(H,17,19)/t12-,13+,14-,15-/m1/s1.